The van der Waals surface area contributed by atoms with Gasteiger partial charge in [-0.25, -0.2) is 0 Å². The van der Waals surface area contributed by atoms with Crippen molar-refractivity contribution in [1.82, 2.24) is 10.6 Å². The van der Waals surface area contributed by atoms with Crippen LogP contribution in [0.1, 0.15) is 26.7 Å². The summed E-state index contributed by atoms with van der Waals surface area (Å²) in [4.78, 5) is 22.2. The van der Waals surface area contributed by atoms with Gasteiger partial charge in [0.25, 0.3) is 0 Å². The Morgan fingerprint density at radius 1 is 1.33 bits per heavy atom. The molecule has 4 nitrogen and oxygen atoms in total. The van der Waals surface area contributed by atoms with Crippen molar-refractivity contribution >= 4 is 11.8 Å². The Labute approximate surface area is 91.1 Å². The highest BCUT2D eigenvalue weighted by atomic mass is 16.2. The van der Waals surface area contributed by atoms with Gasteiger partial charge in [-0.05, 0) is 12.5 Å². The molecule has 0 unspecified atom stereocenters. The van der Waals surface area contributed by atoms with E-state index in [1.807, 2.05) is 13.8 Å². The summed E-state index contributed by atoms with van der Waals surface area (Å²) in [7, 11) is 0. The summed E-state index contributed by atoms with van der Waals surface area (Å²) < 4.78 is 0. The maximum atomic E-state index is 11.4. The molecule has 2 amide bonds. The van der Waals surface area contributed by atoms with Crippen LogP contribution < -0.4 is 10.6 Å². The van der Waals surface area contributed by atoms with Crippen molar-refractivity contribution < 1.29 is 9.59 Å². The van der Waals surface area contributed by atoms with E-state index in [9.17, 15) is 9.59 Å². The number of rotatable bonds is 7. The fourth-order valence-electron chi connectivity index (χ4n) is 1.18. The van der Waals surface area contributed by atoms with Gasteiger partial charge in [-0.15, -0.1) is 0 Å². The molecule has 86 valence electrons. The van der Waals surface area contributed by atoms with Crippen molar-refractivity contribution in [2.45, 2.75) is 26.7 Å². The molecule has 0 saturated heterocycles. The van der Waals surface area contributed by atoms with E-state index >= 15 is 0 Å². The molecule has 0 radical (unpaired) electrons. The van der Waals surface area contributed by atoms with Gasteiger partial charge < -0.3 is 10.6 Å². The van der Waals surface area contributed by atoms with Gasteiger partial charge in [0, 0.05) is 19.0 Å². The van der Waals surface area contributed by atoms with Gasteiger partial charge in [0.1, 0.15) is 0 Å². The molecule has 0 bridgehead atoms. The van der Waals surface area contributed by atoms with E-state index < -0.39 is 0 Å². The molecular weight excluding hydrogens is 192 g/mol. The largest absolute Gasteiger partial charge is 0.354 e. The van der Waals surface area contributed by atoms with Gasteiger partial charge in [-0.1, -0.05) is 26.8 Å². The average Bonchev–Trinajstić information content (AvgIpc) is 2.23. The van der Waals surface area contributed by atoms with E-state index in [4.69, 9.17) is 0 Å². The number of hydrogen-bond acceptors (Lipinski definition) is 2. The number of carbonyl (C=O) groups is 2. The van der Waals surface area contributed by atoms with E-state index in [1.165, 1.54) is 6.08 Å². The summed E-state index contributed by atoms with van der Waals surface area (Å²) in [5, 5.41) is 5.35. The molecule has 0 aliphatic carbocycles. The van der Waals surface area contributed by atoms with E-state index in [1.54, 1.807) is 0 Å². The third kappa shape index (κ3) is 6.71. The van der Waals surface area contributed by atoms with Crippen LogP contribution >= 0.6 is 0 Å². The van der Waals surface area contributed by atoms with Crippen LogP contribution in [0.5, 0.6) is 0 Å². The zero-order chi connectivity index (χ0) is 11.7. The van der Waals surface area contributed by atoms with Crippen LogP contribution in [0.2, 0.25) is 0 Å². The van der Waals surface area contributed by atoms with Gasteiger partial charge in [0.2, 0.25) is 11.8 Å². The molecule has 0 aromatic heterocycles. The zero-order valence-electron chi connectivity index (χ0n) is 9.51. The Kier molecular flexibility index (Phi) is 7.32. The standard InChI is InChI=1S/C11H20N2O2/c1-4-6-9(3)11(15)13-8-7-12-10(14)5-2/h5,9H,2,4,6-8H2,1,3H3,(H,12,14)(H,13,15)/t9-/m0/s1. The van der Waals surface area contributed by atoms with Gasteiger partial charge >= 0.3 is 0 Å². The first-order valence-corrected chi connectivity index (χ1v) is 5.29. The summed E-state index contributed by atoms with van der Waals surface area (Å²) in [6.45, 7) is 8.19. The molecule has 0 spiro atoms. The minimum atomic E-state index is -0.217. The summed E-state index contributed by atoms with van der Waals surface area (Å²) >= 11 is 0. The molecule has 0 saturated carbocycles. The summed E-state index contributed by atoms with van der Waals surface area (Å²) in [6, 6.07) is 0. The molecular formula is C11H20N2O2. The van der Waals surface area contributed by atoms with Crippen molar-refractivity contribution in [3.05, 3.63) is 12.7 Å². The molecule has 1 atom stereocenters. The van der Waals surface area contributed by atoms with Gasteiger partial charge in [0.15, 0.2) is 0 Å². The first kappa shape index (κ1) is 13.7. The van der Waals surface area contributed by atoms with Crippen LogP contribution in [0.25, 0.3) is 0 Å². The molecule has 0 rings (SSSR count). The first-order chi connectivity index (χ1) is 7.11. The van der Waals surface area contributed by atoms with E-state index in [2.05, 4.69) is 17.2 Å². The predicted octanol–water partition coefficient (Wildman–Crippen LogP) is 0.841. The minimum Gasteiger partial charge on any atom is -0.354 e. The highest BCUT2D eigenvalue weighted by Crippen LogP contribution is 2.03. The Bertz CT molecular complexity index is 227. The Balaban J connectivity index is 3.54. The third-order valence-corrected chi connectivity index (χ3v) is 2.08. The van der Waals surface area contributed by atoms with Crippen LogP contribution in [-0.2, 0) is 9.59 Å². The molecule has 4 heteroatoms. The molecule has 0 fully saturated rings. The second-order valence-electron chi connectivity index (χ2n) is 3.48. The third-order valence-electron chi connectivity index (χ3n) is 2.08. The number of amides is 2. The van der Waals surface area contributed by atoms with Crippen LogP contribution in [0.4, 0.5) is 0 Å². The van der Waals surface area contributed by atoms with Crippen LogP contribution in [0, 0.1) is 5.92 Å². The minimum absolute atomic E-state index is 0.0460. The normalized spacial score (nSPS) is 11.6. The topological polar surface area (TPSA) is 58.2 Å². The lowest BCUT2D eigenvalue weighted by Gasteiger charge is -2.10. The highest BCUT2D eigenvalue weighted by molar-refractivity contribution is 5.86. The average molecular weight is 212 g/mol. The Hall–Kier alpha value is -1.32. The molecule has 0 aliphatic heterocycles. The van der Waals surface area contributed by atoms with E-state index in [0.717, 1.165) is 12.8 Å². The monoisotopic (exact) mass is 212 g/mol. The smallest absolute Gasteiger partial charge is 0.243 e. The SMILES string of the molecule is C=CC(=O)NCCNC(=O)[C@@H](C)CCC. The molecule has 0 aromatic rings. The maximum Gasteiger partial charge on any atom is 0.243 e. The lowest BCUT2D eigenvalue weighted by molar-refractivity contribution is -0.125. The van der Waals surface area contributed by atoms with Gasteiger partial charge in [-0.3, -0.25) is 9.59 Å². The van der Waals surface area contributed by atoms with Crippen molar-refractivity contribution in [2.24, 2.45) is 5.92 Å². The molecule has 15 heavy (non-hydrogen) atoms. The number of hydrogen-bond donors (Lipinski definition) is 2. The second-order valence-corrected chi connectivity index (χ2v) is 3.48. The maximum absolute atomic E-state index is 11.4. The molecule has 0 aromatic carbocycles. The first-order valence-electron chi connectivity index (χ1n) is 5.29. The lowest BCUT2D eigenvalue weighted by atomic mass is 10.1. The van der Waals surface area contributed by atoms with Crippen molar-refractivity contribution in [2.75, 3.05) is 13.1 Å². The van der Waals surface area contributed by atoms with Crippen molar-refractivity contribution in [3.63, 3.8) is 0 Å². The molecule has 0 aliphatic rings. The van der Waals surface area contributed by atoms with Gasteiger partial charge in [0.05, 0.1) is 0 Å². The predicted molar refractivity (Wildman–Crippen MR) is 60.3 cm³/mol. The number of carbonyl (C=O) groups excluding carboxylic acids is 2. The summed E-state index contributed by atoms with van der Waals surface area (Å²) in [5.41, 5.74) is 0. The van der Waals surface area contributed by atoms with Crippen molar-refractivity contribution in [3.8, 4) is 0 Å². The fourth-order valence-corrected chi connectivity index (χ4v) is 1.18. The summed E-state index contributed by atoms with van der Waals surface area (Å²) in [6.07, 6.45) is 3.11. The van der Waals surface area contributed by atoms with Crippen molar-refractivity contribution in [1.29, 1.82) is 0 Å². The van der Waals surface area contributed by atoms with E-state index in [0.29, 0.717) is 13.1 Å². The van der Waals surface area contributed by atoms with Crippen LogP contribution in [0.15, 0.2) is 12.7 Å². The quantitative estimate of drug-likeness (QED) is 0.485. The fraction of sp³-hybridized carbons (Fsp3) is 0.636. The van der Waals surface area contributed by atoms with Crippen LogP contribution in [-0.4, -0.2) is 24.9 Å². The van der Waals surface area contributed by atoms with Gasteiger partial charge in [-0.2, -0.15) is 0 Å². The Morgan fingerprint density at radius 3 is 2.47 bits per heavy atom. The lowest BCUT2D eigenvalue weighted by Crippen LogP contribution is -2.36. The second kappa shape index (κ2) is 8.03. The Morgan fingerprint density at radius 2 is 1.93 bits per heavy atom. The van der Waals surface area contributed by atoms with E-state index in [-0.39, 0.29) is 17.7 Å². The highest BCUT2D eigenvalue weighted by Gasteiger charge is 2.10. The number of nitrogens with one attached hydrogen (secondary N) is 2. The summed E-state index contributed by atoms with van der Waals surface area (Å²) in [5.74, 6) is -0.124. The molecule has 0 heterocycles. The molecule has 2 N–H and O–H groups in total. The zero-order valence-corrected chi connectivity index (χ0v) is 9.51. The van der Waals surface area contributed by atoms with Crippen LogP contribution in [0.3, 0.4) is 0 Å².